The van der Waals surface area contributed by atoms with Crippen LogP contribution in [0.1, 0.15) is 25.0 Å². The van der Waals surface area contributed by atoms with E-state index in [-0.39, 0.29) is 31.3 Å². The predicted molar refractivity (Wildman–Crippen MR) is 153 cm³/mol. The van der Waals surface area contributed by atoms with Gasteiger partial charge in [-0.05, 0) is 73.0 Å². The normalized spacial score (nSPS) is 16.6. The van der Waals surface area contributed by atoms with Crippen LogP contribution in [0.15, 0.2) is 71.8 Å². The Kier molecular flexibility index (Phi) is 9.91. The number of nitrogens with zero attached hydrogens (tertiary/aromatic N) is 3. The number of methoxy groups -OCH3 is 1. The van der Waals surface area contributed by atoms with Crippen molar-refractivity contribution >= 4 is 18.0 Å². The van der Waals surface area contributed by atoms with Gasteiger partial charge in [-0.25, -0.2) is 5.43 Å². The summed E-state index contributed by atoms with van der Waals surface area (Å²) >= 11 is 0. The number of carbonyl (C=O) groups is 2. The maximum absolute atomic E-state index is 12.6. The van der Waals surface area contributed by atoms with E-state index in [1.54, 1.807) is 47.4 Å². The van der Waals surface area contributed by atoms with Crippen molar-refractivity contribution in [3.63, 3.8) is 0 Å². The van der Waals surface area contributed by atoms with Gasteiger partial charge in [-0.15, -0.1) is 0 Å². The van der Waals surface area contributed by atoms with Crippen LogP contribution in [0.5, 0.6) is 17.2 Å². The summed E-state index contributed by atoms with van der Waals surface area (Å²) in [6, 6.07) is 21.8. The first-order chi connectivity index (χ1) is 19.8. The number of ether oxygens (including phenoxy) is 4. The fourth-order valence-electron chi connectivity index (χ4n) is 4.34. The van der Waals surface area contributed by atoms with Gasteiger partial charge in [0.2, 0.25) is 0 Å². The third-order valence-corrected chi connectivity index (χ3v) is 6.29. The van der Waals surface area contributed by atoms with E-state index >= 15 is 0 Å². The molecule has 212 valence electrons. The van der Waals surface area contributed by atoms with Gasteiger partial charge in [0, 0.05) is 13.1 Å². The molecule has 0 saturated carbocycles. The first-order valence-corrected chi connectivity index (χ1v) is 13.1. The van der Waals surface area contributed by atoms with E-state index in [4.69, 9.17) is 24.2 Å². The van der Waals surface area contributed by atoms with E-state index in [2.05, 4.69) is 16.6 Å². The summed E-state index contributed by atoms with van der Waals surface area (Å²) in [6.07, 6.45) is 1.43. The highest BCUT2D eigenvalue weighted by atomic mass is 16.5. The number of hydrazone groups is 1. The Labute approximate surface area is 239 Å². The molecule has 1 N–H and O–H groups in total. The van der Waals surface area contributed by atoms with Crippen LogP contribution in [0, 0.1) is 11.3 Å². The van der Waals surface area contributed by atoms with Crippen molar-refractivity contribution in [3.05, 3.63) is 77.9 Å². The minimum Gasteiger partial charge on any atom is -0.493 e. The van der Waals surface area contributed by atoms with Crippen LogP contribution in [0.3, 0.4) is 0 Å². The fourth-order valence-corrected chi connectivity index (χ4v) is 4.34. The Morgan fingerprint density at radius 2 is 1.63 bits per heavy atom. The number of nitriles is 1. The van der Waals surface area contributed by atoms with Crippen LogP contribution in [-0.4, -0.2) is 68.5 Å². The topological polar surface area (TPSA) is 122 Å². The van der Waals surface area contributed by atoms with Gasteiger partial charge in [0.05, 0.1) is 37.2 Å². The molecule has 1 aliphatic heterocycles. The summed E-state index contributed by atoms with van der Waals surface area (Å²) in [5.74, 6) is 0.860. The summed E-state index contributed by atoms with van der Waals surface area (Å²) in [4.78, 5) is 26.5. The summed E-state index contributed by atoms with van der Waals surface area (Å²) < 4.78 is 22.4. The molecular formula is C31H32N4O6. The van der Waals surface area contributed by atoms with Gasteiger partial charge >= 0.3 is 0 Å². The van der Waals surface area contributed by atoms with E-state index < -0.39 is 5.91 Å². The summed E-state index contributed by atoms with van der Waals surface area (Å²) in [5.41, 5.74) is 5.64. The molecule has 0 aliphatic carbocycles. The highest BCUT2D eigenvalue weighted by molar-refractivity contribution is 5.84. The van der Waals surface area contributed by atoms with Crippen molar-refractivity contribution in [2.75, 3.05) is 33.4 Å². The maximum Gasteiger partial charge on any atom is 0.277 e. The molecule has 1 saturated heterocycles. The van der Waals surface area contributed by atoms with E-state index in [0.717, 1.165) is 11.1 Å². The van der Waals surface area contributed by atoms with E-state index in [0.29, 0.717) is 41.5 Å². The molecule has 2 amide bonds. The van der Waals surface area contributed by atoms with Gasteiger partial charge in [-0.1, -0.05) is 24.3 Å². The predicted octanol–water partition coefficient (Wildman–Crippen LogP) is 3.78. The molecule has 41 heavy (non-hydrogen) atoms. The third-order valence-electron chi connectivity index (χ3n) is 6.29. The second kappa shape index (κ2) is 14.0. The number of amides is 2. The largest absolute Gasteiger partial charge is 0.493 e. The Balaban J connectivity index is 1.23. The second-order valence-electron chi connectivity index (χ2n) is 9.55. The summed E-state index contributed by atoms with van der Waals surface area (Å²) in [6.45, 7) is 4.61. The van der Waals surface area contributed by atoms with E-state index in [9.17, 15) is 9.59 Å². The Bertz CT molecular complexity index is 1410. The molecule has 2 atom stereocenters. The Morgan fingerprint density at radius 1 is 0.976 bits per heavy atom. The quantitative estimate of drug-likeness (QED) is 0.298. The molecule has 1 aliphatic rings. The van der Waals surface area contributed by atoms with Crippen LogP contribution in [0.25, 0.3) is 11.1 Å². The van der Waals surface area contributed by atoms with Gasteiger partial charge in [-0.3, -0.25) is 9.59 Å². The number of rotatable bonds is 10. The summed E-state index contributed by atoms with van der Waals surface area (Å²) in [7, 11) is 1.51. The molecule has 3 aromatic carbocycles. The Hall–Kier alpha value is -4.88. The van der Waals surface area contributed by atoms with Gasteiger partial charge in [-0.2, -0.15) is 10.4 Å². The van der Waals surface area contributed by atoms with Crippen molar-refractivity contribution in [3.8, 4) is 34.4 Å². The highest BCUT2D eigenvalue weighted by Gasteiger charge is 2.26. The first-order valence-electron chi connectivity index (χ1n) is 13.1. The smallest absolute Gasteiger partial charge is 0.277 e. The summed E-state index contributed by atoms with van der Waals surface area (Å²) in [5, 5.41) is 12.9. The average molecular weight is 557 g/mol. The molecule has 0 aromatic heterocycles. The molecule has 0 bridgehead atoms. The lowest BCUT2D eigenvalue weighted by Crippen LogP contribution is -2.49. The molecule has 10 nitrogen and oxygen atoms in total. The standard InChI is InChI=1S/C31H32N4O6/c1-21-17-35(18-22(2)41-21)31(37)20-40-28-13-6-24(14-29(28)38-3)16-33-34-30(36)19-39-27-11-9-26(10-12-27)25-7-4-23(15-32)5-8-25/h4-14,16,21-22H,17-20H2,1-3H3,(H,34,36)/b33-16+. The van der Waals surface area contributed by atoms with Crippen LogP contribution < -0.4 is 19.6 Å². The molecule has 3 aromatic rings. The number of morpholine rings is 1. The molecule has 10 heteroatoms. The molecule has 1 heterocycles. The lowest BCUT2D eigenvalue weighted by atomic mass is 10.0. The zero-order chi connectivity index (χ0) is 29.2. The lowest BCUT2D eigenvalue weighted by Gasteiger charge is -2.35. The molecule has 1 fully saturated rings. The number of nitrogens with one attached hydrogen (secondary N) is 1. The lowest BCUT2D eigenvalue weighted by molar-refractivity contribution is -0.145. The number of carbonyl (C=O) groups excluding carboxylic acids is 2. The zero-order valence-corrected chi connectivity index (χ0v) is 23.2. The molecular weight excluding hydrogens is 524 g/mol. The fraction of sp³-hybridized carbons (Fsp3) is 0.290. The minimum absolute atomic E-state index is 0.0181. The molecule has 2 unspecified atom stereocenters. The van der Waals surface area contributed by atoms with Crippen LogP contribution in [0.2, 0.25) is 0 Å². The Morgan fingerprint density at radius 3 is 2.27 bits per heavy atom. The van der Waals surface area contributed by atoms with Crippen molar-refractivity contribution in [2.24, 2.45) is 5.10 Å². The minimum atomic E-state index is -0.422. The monoisotopic (exact) mass is 556 g/mol. The maximum atomic E-state index is 12.6. The van der Waals surface area contributed by atoms with Crippen molar-refractivity contribution in [1.82, 2.24) is 10.3 Å². The van der Waals surface area contributed by atoms with E-state index in [1.807, 2.05) is 38.1 Å². The molecule has 0 spiro atoms. The number of hydrogen-bond acceptors (Lipinski definition) is 8. The van der Waals surface area contributed by atoms with E-state index in [1.165, 1.54) is 13.3 Å². The van der Waals surface area contributed by atoms with Crippen LogP contribution in [0.4, 0.5) is 0 Å². The van der Waals surface area contributed by atoms with Crippen LogP contribution >= 0.6 is 0 Å². The number of benzene rings is 3. The van der Waals surface area contributed by atoms with Crippen LogP contribution in [-0.2, 0) is 14.3 Å². The zero-order valence-electron chi connectivity index (χ0n) is 23.2. The third kappa shape index (κ3) is 8.30. The van der Waals surface area contributed by atoms with Crippen molar-refractivity contribution in [2.45, 2.75) is 26.1 Å². The van der Waals surface area contributed by atoms with Gasteiger partial charge in [0.1, 0.15) is 5.75 Å². The van der Waals surface area contributed by atoms with Crippen molar-refractivity contribution in [1.29, 1.82) is 5.26 Å². The van der Waals surface area contributed by atoms with Gasteiger partial charge in [0.25, 0.3) is 11.8 Å². The first kappa shape index (κ1) is 29.1. The highest BCUT2D eigenvalue weighted by Crippen LogP contribution is 2.28. The van der Waals surface area contributed by atoms with Gasteiger partial charge < -0.3 is 23.8 Å². The average Bonchev–Trinajstić information content (AvgIpc) is 2.99. The molecule has 4 rings (SSSR count). The SMILES string of the molecule is COc1cc(/C=N/NC(=O)COc2ccc(-c3ccc(C#N)cc3)cc2)ccc1OCC(=O)N1CC(C)OC(C)C1. The number of hydrogen-bond donors (Lipinski definition) is 1. The van der Waals surface area contributed by atoms with Crippen molar-refractivity contribution < 1.29 is 28.5 Å². The van der Waals surface area contributed by atoms with Gasteiger partial charge in [0.15, 0.2) is 24.7 Å². The second-order valence-corrected chi connectivity index (χ2v) is 9.55. The molecule has 0 radical (unpaired) electrons.